The molecule has 1 aromatic heterocycles. The van der Waals surface area contributed by atoms with Gasteiger partial charge in [-0.15, -0.1) is 9.19 Å². The van der Waals surface area contributed by atoms with E-state index in [2.05, 4.69) is 26.0 Å². The molecule has 0 radical (unpaired) electrons. The Morgan fingerprint density at radius 2 is 1.88 bits per heavy atom. The fourth-order valence-corrected chi connectivity index (χ4v) is 3.62. The van der Waals surface area contributed by atoms with Crippen LogP contribution in [0.4, 0.5) is 0 Å². The van der Waals surface area contributed by atoms with Crippen molar-refractivity contribution < 1.29 is 8.42 Å². The SMILES string of the molecule is Cc1cc(Br)c(S(=O)(=O)n2cncn2)cc1C. The van der Waals surface area contributed by atoms with Gasteiger partial charge in [-0.05, 0) is 53.0 Å². The molecule has 0 unspecified atom stereocenters. The van der Waals surface area contributed by atoms with E-state index in [1.165, 1.54) is 6.33 Å². The first-order valence-electron chi connectivity index (χ1n) is 4.80. The molecule has 90 valence electrons. The molecule has 1 heterocycles. The van der Waals surface area contributed by atoms with Crippen molar-refractivity contribution in [2.75, 3.05) is 0 Å². The Hall–Kier alpha value is -1.21. The fourth-order valence-electron chi connectivity index (χ4n) is 1.37. The Labute approximate surface area is 108 Å². The molecule has 2 rings (SSSR count). The number of hydrogen-bond donors (Lipinski definition) is 0. The van der Waals surface area contributed by atoms with Gasteiger partial charge in [-0.2, -0.15) is 8.42 Å². The summed E-state index contributed by atoms with van der Waals surface area (Å²) < 4.78 is 25.8. The Morgan fingerprint density at radius 1 is 1.24 bits per heavy atom. The van der Waals surface area contributed by atoms with Crippen molar-refractivity contribution in [1.29, 1.82) is 0 Å². The van der Waals surface area contributed by atoms with Gasteiger partial charge < -0.3 is 0 Å². The summed E-state index contributed by atoms with van der Waals surface area (Å²) in [5.41, 5.74) is 1.93. The summed E-state index contributed by atoms with van der Waals surface area (Å²) in [5.74, 6) is 0. The number of benzene rings is 1. The van der Waals surface area contributed by atoms with Gasteiger partial charge in [-0.25, -0.2) is 4.98 Å². The summed E-state index contributed by atoms with van der Waals surface area (Å²) in [6.45, 7) is 3.79. The van der Waals surface area contributed by atoms with Crippen LogP contribution in [0.5, 0.6) is 0 Å². The van der Waals surface area contributed by atoms with Crippen LogP contribution in [-0.4, -0.2) is 22.6 Å². The third kappa shape index (κ3) is 2.12. The van der Waals surface area contributed by atoms with Crippen LogP contribution in [0.15, 0.2) is 34.2 Å². The second kappa shape index (κ2) is 4.23. The predicted octanol–water partition coefficient (Wildman–Crippen LogP) is 1.89. The molecule has 0 N–H and O–H groups in total. The maximum atomic E-state index is 12.2. The molecule has 0 saturated heterocycles. The Balaban J connectivity index is 2.67. The summed E-state index contributed by atoms with van der Waals surface area (Å²) in [7, 11) is -3.67. The third-order valence-corrected chi connectivity index (χ3v) is 4.96. The normalized spacial score (nSPS) is 11.7. The van der Waals surface area contributed by atoms with E-state index in [1.54, 1.807) is 12.1 Å². The minimum Gasteiger partial charge on any atom is -0.222 e. The zero-order valence-electron chi connectivity index (χ0n) is 9.25. The van der Waals surface area contributed by atoms with Crippen LogP contribution in [0.25, 0.3) is 0 Å². The number of aromatic nitrogens is 3. The molecule has 1 aromatic carbocycles. The predicted molar refractivity (Wildman–Crippen MR) is 66.2 cm³/mol. The molecule has 7 heteroatoms. The van der Waals surface area contributed by atoms with Crippen LogP contribution in [0.3, 0.4) is 0 Å². The largest absolute Gasteiger partial charge is 0.285 e. The van der Waals surface area contributed by atoms with Gasteiger partial charge >= 0.3 is 0 Å². The smallest absolute Gasteiger partial charge is 0.222 e. The van der Waals surface area contributed by atoms with Gasteiger partial charge in [0.1, 0.15) is 17.6 Å². The van der Waals surface area contributed by atoms with Crippen molar-refractivity contribution in [2.24, 2.45) is 0 Å². The topological polar surface area (TPSA) is 64.8 Å². The van der Waals surface area contributed by atoms with Crippen molar-refractivity contribution in [3.8, 4) is 0 Å². The average Bonchev–Trinajstić information content (AvgIpc) is 2.77. The molecule has 0 saturated carbocycles. The zero-order chi connectivity index (χ0) is 12.6. The minimum absolute atomic E-state index is 0.186. The molecule has 17 heavy (non-hydrogen) atoms. The Bertz CT molecular complexity index is 650. The van der Waals surface area contributed by atoms with E-state index in [4.69, 9.17) is 0 Å². The highest BCUT2D eigenvalue weighted by molar-refractivity contribution is 9.10. The first kappa shape index (κ1) is 12.3. The highest BCUT2D eigenvalue weighted by atomic mass is 79.9. The maximum absolute atomic E-state index is 12.2. The van der Waals surface area contributed by atoms with Crippen molar-refractivity contribution in [3.63, 3.8) is 0 Å². The van der Waals surface area contributed by atoms with Crippen LogP contribution in [0.2, 0.25) is 0 Å². The van der Waals surface area contributed by atoms with Gasteiger partial charge in [0.25, 0.3) is 10.0 Å². The van der Waals surface area contributed by atoms with Gasteiger partial charge in [0, 0.05) is 4.47 Å². The molecular weight excluding hydrogens is 306 g/mol. The van der Waals surface area contributed by atoms with Crippen LogP contribution >= 0.6 is 15.9 Å². The van der Waals surface area contributed by atoms with Crippen LogP contribution < -0.4 is 0 Å². The molecule has 2 aromatic rings. The van der Waals surface area contributed by atoms with E-state index in [1.807, 2.05) is 13.8 Å². The monoisotopic (exact) mass is 315 g/mol. The van der Waals surface area contributed by atoms with Crippen LogP contribution in [0, 0.1) is 13.8 Å². The lowest BCUT2D eigenvalue weighted by atomic mass is 10.1. The molecular formula is C10H10BrN3O2S. The number of nitrogens with zero attached hydrogens (tertiary/aromatic N) is 3. The Morgan fingerprint density at radius 3 is 2.47 bits per heavy atom. The number of halogens is 1. The standard InChI is InChI=1S/C10H10BrN3O2S/c1-7-3-9(11)10(4-8(7)2)17(15,16)14-6-12-5-13-14/h3-6H,1-2H3. The highest BCUT2D eigenvalue weighted by Crippen LogP contribution is 2.26. The summed E-state index contributed by atoms with van der Waals surface area (Å²) in [4.78, 5) is 3.83. The van der Waals surface area contributed by atoms with Crippen molar-refractivity contribution in [2.45, 2.75) is 18.7 Å². The van der Waals surface area contributed by atoms with E-state index >= 15 is 0 Å². The summed E-state index contributed by atoms with van der Waals surface area (Å²) in [6.07, 6.45) is 2.35. The van der Waals surface area contributed by atoms with E-state index in [0.29, 0.717) is 4.47 Å². The van der Waals surface area contributed by atoms with E-state index < -0.39 is 10.0 Å². The summed E-state index contributed by atoms with van der Waals surface area (Å²) >= 11 is 3.26. The molecule has 0 aliphatic carbocycles. The highest BCUT2D eigenvalue weighted by Gasteiger charge is 2.21. The van der Waals surface area contributed by atoms with E-state index in [0.717, 1.165) is 21.5 Å². The number of aryl methyl sites for hydroxylation is 2. The Kier molecular flexibility index (Phi) is 3.05. The van der Waals surface area contributed by atoms with Crippen molar-refractivity contribution >= 4 is 26.0 Å². The van der Waals surface area contributed by atoms with Gasteiger partial charge in [0.05, 0.1) is 0 Å². The third-order valence-electron chi connectivity index (χ3n) is 2.47. The van der Waals surface area contributed by atoms with E-state index in [9.17, 15) is 8.42 Å². The molecule has 0 bridgehead atoms. The number of rotatable bonds is 2. The summed E-state index contributed by atoms with van der Waals surface area (Å²) in [5, 5.41) is 3.65. The van der Waals surface area contributed by atoms with Crippen LogP contribution in [-0.2, 0) is 10.0 Å². The van der Waals surface area contributed by atoms with Crippen LogP contribution in [0.1, 0.15) is 11.1 Å². The lowest BCUT2D eigenvalue weighted by molar-refractivity contribution is 0.579. The number of hydrogen-bond acceptors (Lipinski definition) is 4. The minimum atomic E-state index is -3.67. The van der Waals surface area contributed by atoms with Gasteiger partial charge in [0.2, 0.25) is 0 Å². The first-order valence-corrected chi connectivity index (χ1v) is 7.03. The zero-order valence-corrected chi connectivity index (χ0v) is 11.7. The quantitative estimate of drug-likeness (QED) is 0.849. The molecule has 0 aliphatic rings. The fraction of sp³-hybridized carbons (Fsp3) is 0.200. The second-order valence-corrected chi connectivity index (χ2v) is 6.26. The second-order valence-electron chi connectivity index (χ2n) is 3.64. The van der Waals surface area contributed by atoms with Gasteiger partial charge in [-0.1, -0.05) is 0 Å². The lowest BCUT2D eigenvalue weighted by Crippen LogP contribution is -2.14. The first-order chi connectivity index (χ1) is 7.93. The molecule has 0 atom stereocenters. The molecule has 0 fully saturated rings. The molecule has 5 nitrogen and oxygen atoms in total. The van der Waals surface area contributed by atoms with Crippen molar-refractivity contribution in [3.05, 3.63) is 40.4 Å². The van der Waals surface area contributed by atoms with Gasteiger partial charge in [-0.3, -0.25) is 0 Å². The maximum Gasteiger partial charge on any atom is 0.285 e. The molecule has 0 aliphatic heterocycles. The van der Waals surface area contributed by atoms with Crippen molar-refractivity contribution in [1.82, 2.24) is 14.2 Å². The summed E-state index contributed by atoms with van der Waals surface area (Å²) in [6, 6.07) is 3.40. The average molecular weight is 316 g/mol. The molecule has 0 amide bonds. The molecule has 0 spiro atoms. The van der Waals surface area contributed by atoms with Gasteiger partial charge in [0.15, 0.2) is 0 Å². The van der Waals surface area contributed by atoms with E-state index in [-0.39, 0.29) is 4.90 Å². The lowest BCUT2D eigenvalue weighted by Gasteiger charge is -2.09.